The van der Waals surface area contributed by atoms with Crippen molar-refractivity contribution in [2.24, 2.45) is 0 Å². The zero-order valence-electron chi connectivity index (χ0n) is 17.2. The Morgan fingerprint density at radius 3 is 2.75 bits per heavy atom. The van der Waals surface area contributed by atoms with Gasteiger partial charge in [-0.25, -0.2) is 0 Å². The van der Waals surface area contributed by atoms with E-state index in [9.17, 15) is 14.7 Å². The van der Waals surface area contributed by atoms with E-state index in [2.05, 4.69) is 10.2 Å². The summed E-state index contributed by atoms with van der Waals surface area (Å²) in [6.07, 6.45) is 0.743. The first kappa shape index (κ1) is 20.7. The van der Waals surface area contributed by atoms with Crippen molar-refractivity contribution in [3.63, 3.8) is 0 Å². The Hall–Kier alpha value is -3.23. The monoisotopic (exact) mass is 467 g/mol. The van der Waals surface area contributed by atoms with E-state index < -0.39 is 17.7 Å². The fourth-order valence-electron chi connectivity index (χ4n) is 4.13. The van der Waals surface area contributed by atoms with Crippen molar-refractivity contribution in [1.82, 2.24) is 10.2 Å². The summed E-state index contributed by atoms with van der Waals surface area (Å²) in [7, 11) is 0. The Morgan fingerprint density at radius 2 is 2.03 bits per heavy atom. The number of benzene rings is 2. The first-order chi connectivity index (χ1) is 15.3. The molecule has 2 atom stereocenters. The molecule has 0 unspecified atom stereocenters. The number of nitrogens with zero attached hydrogens (tertiary/aromatic N) is 3. The molecule has 1 N–H and O–H groups in total. The van der Waals surface area contributed by atoms with Crippen molar-refractivity contribution in [1.29, 1.82) is 0 Å². The molecule has 2 aliphatic rings. The SMILES string of the molecule is Cc1nnc(N2C(=O)C(=O)/C(=C(/O)c3ccc4c(c3)C[C@@H](C)O4)[C@@H]2c2cccc(Cl)c2)s1. The van der Waals surface area contributed by atoms with Gasteiger partial charge in [0, 0.05) is 17.0 Å². The zero-order valence-corrected chi connectivity index (χ0v) is 18.8. The number of ether oxygens (including phenoxy) is 1. The lowest BCUT2D eigenvalue weighted by molar-refractivity contribution is -0.132. The number of fused-ring (bicyclic) bond motifs is 1. The van der Waals surface area contributed by atoms with Gasteiger partial charge in [-0.1, -0.05) is 35.1 Å². The van der Waals surface area contributed by atoms with Crippen LogP contribution >= 0.6 is 22.9 Å². The molecule has 3 heterocycles. The van der Waals surface area contributed by atoms with E-state index in [4.69, 9.17) is 16.3 Å². The van der Waals surface area contributed by atoms with Crippen molar-refractivity contribution < 1.29 is 19.4 Å². The van der Waals surface area contributed by atoms with Crippen LogP contribution in [0.5, 0.6) is 5.75 Å². The number of aryl methyl sites for hydroxylation is 1. The van der Waals surface area contributed by atoms with Crippen LogP contribution in [-0.2, 0) is 16.0 Å². The lowest BCUT2D eigenvalue weighted by Crippen LogP contribution is -2.29. The van der Waals surface area contributed by atoms with E-state index in [0.717, 1.165) is 11.3 Å². The molecule has 1 fully saturated rings. The Kier molecular flexibility index (Phi) is 4.98. The van der Waals surface area contributed by atoms with E-state index in [1.807, 2.05) is 6.92 Å². The van der Waals surface area contributed by atoms with Gasteiger partial charge in [0.25, 0.3) is 5.78 Å². The molecule has 1 amide bonds. The van der Waals surface area contributed by atoms with E-state index >= 15 is 0 Å². The largest absolute Gasteiger partial charge is 0.507 e. The molecule has 32 heavy (non-hydrogen) atoms. The van der Waals surface area contributed by atoms with E-state index in [1.54, 1.807) is 49.4 Å². The summed E-state index contributed by atoms with van der Waals surface area (Å²) >= 11 is 7.41. The number of anilines is 1. The summed E-state index contributed by atoms with van der Waals surface area (Å²) in [5, 5.41) is 20.7. The Balaban J connectivity index is 1.69. The minimum atomic E-state index is -0.885. The van der Waals surface area contributed by atoms with Gasteiger partial charge in [-0.05, 0) is 55.3 Å². The number of hydrogen-bond donors (Lipinski definition) is 1. The molecule has 0 spiro atoms. The molecule has 5 rings (SSSR count). The Morgan fingerprint density at radius 1 is 1.22 bits per heavy atom. The fourth-order valence-corrected chi connectivity index (χ4v) is 5.04. The third-order valence-electron chi connectivity index (χ3n) is 5.50. The number of rotatable bonds is 3. The average molecular weight is 468 g/mol. The summed E-state index contributed by atoms with van der Waals surface area (Å²) in [6.45, 7) is 3.73. The molecule has 0 aliphatic carbocycles. The van der Waals surface area contributed by atoms with Crippen molar-refractivity contribution in [3.05, 3.63) is 74.8 Å². The third-order valence-corrected chi connectivity index (χ3v) is 6.57. The topological polar surface area (TPSA) is 92.6 Å². The number of amides is 1. The second-order valence-electron chi connectivity index (χ2n) is 7.78. The summed E-state index contributed by atoms with van der Waals surface area (Å²) in [4.78, 5) is 27.5. The van der Waals surface area contributed by atoms with Crippen LogP contribution in [0.4, 0.5) is 5.13 Å². The van der Waals surface area contributed by atoms with Crippen LogP contribution in [0, 0.1) is 6.92 Å². The molecule has 3 aromatic rings. The molecule has 0 radical (unpaired) electrons. The molecule has 1 saturated heterocycles. The molecular formula is C23H18ClN3O4S. The summed E-state index contributed by atoms with van der Waals surface area (Å²) in [5.41, 5.74) is 1.95. The quantitative estimate of drug-likeness (QED) is 0.347. The third kappa shape index (κ3) is 3.36. The van der Waals surface area contributed by atoms with E-state index in [0.29, 0.717) is 27.6 Å². The summed E-state index contributed by atoms with van der Waals surface area (Å²) in [5.74, 6) is -1.05. The predicted molar refractivity (Wildman–Crippen MR) is 121 cm³/mol. The van der Waals surface area contributed by atoms with Crippen LogP contribution < -0.4 is 9.64 Å². The first-order valence-corrected chi connectivity index (χ1v) is 11.2. The zero-order chi connectivity index (χ0) is 22.6. The van der Waals surface area contributed by atoms with Crippen LogP contribution in [0.15, 0.2) is 48.0 Å². The smallest absolute Gasteiger partial charge is 0.301 e. The van der Waals surface area contributed by atoms with E-state index in [-0.39, 0.29) is 22.6 Å². The summed E-state index contributed by atoms with van der Waals surface area (Å²) in [6, 6.07) is 11.2. The van der Waals surface area contributed by atoms with Gasteiger partial charge in [0.1, 0.15) is 22.6 Å². The minimum Gasteiger partial charge on any atom is -0.507 e. The van der Waals surface area contributed by atoms with Gasteiger partial charge in [-0.2, -0.15) is 0 Å². The minimum absolute atomic E-state index is 0.0166. The normalized spacial score (nSPS) is 21.7. The molecule has 162 valence electrons. The standard InChI is InChI=1S/C23H18ClN3O4S/c1-11-8-15-9-14(6-7-17(15)31-11)20(28)18-19(13-4-3-5-16(24)10-13)27(22(30)21(18)29)23-26-25-12(2)32-23/h3-7,9-11,19,28H,8H2,1-2H3/b20-18+/t11-,19+/m1/s1. The van der Waals surface area contributed by atoms with Gasteiger partial charge < -0.3 is 9.84 Å². The second-order valence-corrected chi connectivity index (χ2v) is 9.38. The number of aliphatic hydroxyl groups excluding tert-OH is 1. The predicted octanol–water partition coefficient (Wildman–Crippen LogP) is 4.45. The molecule has 0 saturated carbocycles. The molecule has 9 heteroatoms. The highest BCUT2D eigenvalue weighted by molar-refractivity contribution is 7.15. The van der Waals surface area contributed by atoms with Crippen LogP contribution in [0.1, 0.15) is 34.7 Å². The molecular weight excluding hydrogens is 450 g/mol. The number of aromatic nitrogens is 2. The van der Waals surface area contributed by atoms with Crippen molar-refractivity contribution in [3.8, 4) is 5.75 Å². The Bertz CT molecular complexity index is 1300. The highest BCUT2D eigenvalue weighted by Crippen LogP contribution is 2.44. The molecule has 1 aromatic heterocycles. The molecule has 7 nitrogen and oxygen atoms in total. The maximum absolute atomic E-state index is 13.2. The summed E-state index contributed by atoms with van der Waals surface area (Å²) < 4.78 is 5.73. The Labute approximate surface area is 192 Å². The second kappa shape index (κ2) is 7.72. The number of aliphatic hydroxyl groups is 1. The molecule has 2 aliphatic heterocycles. The fraction of sp³-hybridized carbons (Fsp3) is 0.217. The molecule has 0 bridgehead atoms. The number of ketones is 1. The van der Waals surface area contributed by atoms with E-state index in [1.165, 1.54) is 16.2 Å². The highest BCUT2D eigenvalue weighted by Gasteiger charge is 2.48. The first-order valence-electron chi connectivity index (χ1n) is 10.00. The maximum atomic E-state index is 13.2. The van der Waals surface area contributed by atoms with Crippen LogP contribution in [0.2, 0.25) is 5.02 Å². The van der Waals surface area contributed by atoms with Crippen molar-refractivity contribution >= 4 is 45.5 Å². The number of halogens is 1. The number of carbonyl (C=O) groups excluding carboxylic acids is 2. The lowest BCUT2D eigenvalue weighted by Gasteiger charge is -2.22. The van der Waals surface area contributed by atoms with Crippen LogP contribution in [-0.4, -0.2) is 33.1 Å². The number of Topliss-reactive ketones (excluding diaryl/α,β-unsaturated/α-hetero) is 1. The van der Waals surface area contributed by atoms with Gasteiger partial charge in [-0.3, -0.25) is 14.5 Å². The maximum Gasteiger partial charge on any atom is 0.301 e. The average Bonchev–Trinajstić information content (AvgIpc) is 3.42. The molecule has 2 aromatic carbocycles. The number of hydrogen-bond acceptors (Lipinski definition) is 7. The van der Waals surface area contributed by atoms with Gasteiger partial charge >= 0.3 is 5.91 Å². The van der Waals surface area contributed by atoms with Gasteiger partial charge in [-0.15, -0.1) is 10.2 Å². The van der Waals surface area contributed by atoms with Crippen molar-refractivity contribution in [2.45, 2.75) is 32.4 Å². The van der Waals surface area contributed by atoms with Gasteiger partial charge in [0.15, 0.2) is 0 Å². The van der Waals surface area contributed by atoms with Gasteiger partial charge in [0.05, 0.1) is 11.6 Å². The lowest BCUT2D eigenvalue weighted by atomic mass is 9.94. The highest BCUT2D eigenvalue weighted by atomic mass is 35.5. The number of carbonyl (C=O) groups is 2. The van der Waals surface area contributed by atoms with Crippen molar-refractivity contribution in [2.75, 3.05) is 4.90 Å². The van der Waals surface area contributed by atoms with Crippen LogP contribution in [0.3, 0.4) is 0 Å². The van der Waals surface area contributed by atoms with Crippen LogP contribution in [0.25, 0.3) is 5.76 Å². The van der Waals surface area contributed by atoms with Gasteiger partial charge in [0.2, 0.25) is 5.13 Å².